The number of hydrogen-bond acceptors (Lipinski definition) is 1. The van der Waals surface area contributed by atoms with E-state index in [4.69, 9.17) is 0 Å². The highest BCUT2D eigenvalue weighted by molar-refractivity contribution is 9.10. The van der Waals surface area contributed by atoms with Crippen LogP contribution in [0.15, 0.2) is 22.7 Å². The van der Waals surface area contributed by atoms with Crippen LogP contribution in [0, 0.1) is 5.92 Å². The average molecular weight is 240 g/mol. The molecule has 1 aromatic carbocycles. The third-order valence-electron chi connectivity index (χ3n) is 2.63. The van der Waals surface area contributed by atoms with Crippen LogP contribution in [-0.2, 0) is 6.54 Å². The Morgan fingerprint density at radius 3 is 2.92 bits per heavy atom. The molecule has 1 atom stereocenters. The van der Waals surface area contributed by atoms with Gasteiger partial charge in [0.05, 0.1) is 0 Å². The van der Waals surface area contributed by atoms with Gasteiger partial charge in [-0.05, 0) is 23.1 Å². The Balaban J connectivity index is 2.46. The molecule has 13 heavy (non-hydrogen) atoms. The molecule has 0 fully saturated rings. The Morgan fingerprint density at radius 2 is 2.23 bits per heavy atom. The van der Waals surface area contributed by atoms with E-state index in [-0.39, 0.29) is 0 Å². The largest absolute Gasteiger partial charge is 0.306 e. The molecule has 0 aromatic heterocycles. The number of fused-ring (bicyclic) bond motifs is 1. The van der Waals surface area contributed by atoms with Crippen molar-refractivity contribution in [1.29, 1.82) is 0 Å². The lowest BCUT2D eigenvalue weighted by Crippen LogP contribution is -2.17. The summed E-state index contributed by atoms with van der Waals surface area (Å²) < 4.78 is 1.24. The predicted octanol–water partition coefficient (Wildman–Crippen LogP) is 3.25. The van der Waals surface area contributed by atoms with Crippen LogP contribution < -0.4 is 5.32 Å². The molecule has 2 rings (SSSR count). The summed E-state index contributed by atoms with van der Waals surface area (Å²) in [7, 11) is 0. The van der Waals surface area contributed by atoms with Gasteiger partial charge in [0, 0.05) is 17.1 Å². The highest BCUT2D eigenvalue weighted by Crippen LogP contribution is 2.35. The summed E-state index contributed by atoms with van der Waals surface area (Å²) in [5.74, 6) is 0.653. The molecule has 70 valence electrons. The number of benzene rings is 1. The number of rotatable bonds is 1. The predicted molar refractivity (Wildman–Crippen MR) is 58.6 cm³/mol. The molecular formula is C11H14BrN. The molecule has 0 aliphatic carbocycles. The quantitative estimate of drug-likeness (QED) is 0.794. The van der Waals surface area contributed by atoms with Crippen LogP contribution in [0.3, 0.4) is 0 Å². The summed E-state index contributed by atoms with van der Waals surface area (Å²) in [6, 6.07) is 6.95. The molecule has 0 amide bonds. The Morgan fingerprint density at radius 1 is 1.46 bits per heavy atom. The van der Waals surface area contributed by atoms with Gasteiger partial charge in [-0.3, -0.25) is 0 Å². The number of hydrogen-bond donors (Lipinski definition) is 1. The fourth-order valence-corrected chi connectivity index (χ4v) is 2.63. The van der Waals surface area contributed by atoms with Crippen molar-refractivity contribution >= 4 is 15.9 Å². The molecule has 0 radical (unpaired) electrons. The number of halogens is 1. The minimum atomic E-state index is 0.519. The lowest BCUT2D eigenvalue weighted by atomic mass is 9.96. The van der Waals surface area contributed by atoms with Crippen LogP contribution in [0.2, 0.25) is 0 Å². The highest BCUT2D eigenvalue weighted by Gasteiger charge is 2.25. The third-order valence-corrected chi connectivity index (χ3v) is 3.32. The van der Waals surface area contributed by atoms with Crippen LogP contribution in [-0.4, -0.2) is 0 Å². The molecule has 0 spiro atoms. The van der Waals surface area contributed by atoms with Gasteiger partial charge in [-0.15, -0.1) is 0 Å². The molecule has 2 heteroatoms. The molecule has 0 saturated carbocycles. The molecule has 1 heterocycles. The van der Waals surface area contributed by atoms with Crippen molar-refractivity contribution in [3.05, 3.63) is 33.8 Å². The Labute approximate surface area is 87.7 Å². The second-order valence-electron chi connectivity index (χ2n) is 3.92. The van der Waals surface area contributed by atoms with E-state index in [0.717, 1.165) is 6.54 Å². The maximum atomic E-state index is 3.62. The van der Waals surface area contributed by atoms with Gasteiger partial charge >= 0.3 is 0 Å². The Bertz CT molecular complexity index is 320. The van der Waals surface area contributed by atoms with Crippen LogP contribution in [0.5, 0.6) is 0 Å². The third kappa shape index (κ3) is 1.53. The van der Waals surface area contributed by atoms with Crippen LogP contribution in [0.4, 0.5) is 0 Å². The normalized spacial score (nSPS) is 20.8. The topological polar surface area (TPSA) is 12.0 Å². The zero-order valence-corrected chi connectivity index (χ0v) is 9.56. The van der Waals surface area contributed by atoms with E-state index in [1.54, 1.807) is 0 Å². The average Bonchev–Trinajstić information content (AvgIpc) is 2.49. The van der Waals surface area contributed by atoms with Crippen molar-refractivity contribution in [3.8, 4) is 0 Å². The van der Waals surface area contributed by atoms with Gasteiger partial charge in [-0.1, -0.05) is 41.9 Å². The monoisotopic (exact) mass is 239 g/mol. The van der Waals surface area contributed by atoms with Crippen molar-refractivity contribution in [1.82, 2.24) is 5.32 Å². The van der Waals surface area contributed by atoms with E-state index in [2.05, 4.69) is 53.3 Å². The van der Waals surface area contributed by atoms with Crippen molar-refractivity contribution in [2.75, 3.05) is 0 Å². The molecule has 1 unspecified atom stereocenters. The molecule has 1 aromatic rings. The summed E-state index contributed by atoms with van der Waals surface area (Å²) in [4.78, 5) is 0. The summed E-state index contributed by atoms with van der Waals surface area (Å²) >= 11 is 3.62. The van der Waals surface area contributed by atoms with Crippen molar-refractivity contribution < 1.29 is 0 Å². The molecule has 0 saturated heterocycles. The SMILES string of the molecule is CC(C)C1NCc2cccc(Br)c21. The minimum Gasteiger partial charge on any atom is -0.306 e. The standard InChI is InChI=1S/C11H14BrN/c1-7(2)11-10-8(6-13-11)4-3-5-9(10)12/h3-5,7,11,13H,6H2,1-2H3. The summed E-state index contributed by atoms with van der Waals surface area (Å²) in [6.45, 7) is 5.52. The maximum Gasteiger partial charge on any atom is 0.0360 e. The fourth-order valence-electron chi connectivity index (χ4n) is 1.98. The van der Waals surface area contributed by atoms with Gasteiger partial charge < -0.3 is 5.32 Å². The van der Waals surface area contributed by atoms with Gasteiger partial charge in [-0.25, -0.2) is 0 Å². The van der Waals surface area contributed by atoms with Crippen LogP contribution in [0.25, 0.3) is 0 Å². The summed E-state index contributed by atoms with van der Waals surface area (Å²) in [5.41, 5.74) is 2.89. The minimum absolute atomic E-state index is 0.519. The van der Waals surface area contributed by atoms with E-state index < -0.39 is 0 Å². The van der Waals surface area contributed by atoms with Crippen molar-refractivity contribution in [2.45, 2.75) is 26.4 Å². The zero-order valence-electron chi connectivity index (χ0n) is 7.97. The van der Waals surface area contributed by atoms with Gasteiger partial charge in [0.2, 0.25) is 0 Å². The lowest BCUT2D eigenvalue weighted by molar-refractivity contribution is 0.440. The highest BCUT2D eigenvalue weighted by atomic mass is 79.9. The molecule has 0 bridgehead atoms. The van der Waals surface area contributed by atoms with E-state index in [1.165, 1.54) is 15.6 Å². The van der Waals surface area contributed by atoms with Gasteiger partial charge in [0.25, 0.3) is 0 Å². The van der Waals surface area contributed by atoms with E-state index in [1.807, 2.05) is 0 Å². The lowest BCUT2D eigenvalue weighted by Gasteiger charge is -2.17. The van der Waals surface area contributed by atoms with Crippen molar-refractivity contribution in [3.63, 3.8) is 0 Å². The smallest absolute Gasteiger partial charge is 0.0360 e. The van der Waals surface area contributed by atoms with E-state index in [0.29, 0.717) is 12.0 Å². The zero-order chi connectivity index (χ0) is 9.42. The maximum absolute atomic E-state index is 3.62. The Hall–Kier alpha value is -0.340. The fraction of sp³-hybridized carbons (Fsp3) is 0.455. The first-order valence-corrected chi connectivity index (χ1v) is 5.50. The van der Waals surface area contributed by atoms with Gasteiger partial charge in [0.1, 0.15) is 0 Å². The van der Waals surface area contributed by atoms with Crippen LogP contribution >= 0.6 is 15.9 Å². The second kappa shape index (κ2) is 3.43. The van der Waals surface area contributed by atoms with E-state index in [9.17, 15) is 0 Å². The second-order valence-corrected chi connectivity index (χ2v) is 4.77. The molecular weight excluding hydrogens is 226 g/mol. The Kier molecular flexibility index (Phi) is 2.43. The van der Waals surface area contributed by atoms with E-state index >= 15 is 0 Å². The van der Waals surface area contributed by atoms with Gasteiger partial charge in [-0.2, -0.15) is 0 Å². The van der Waals surface area contributed by atoms with Crippen molar-refractivity contribution in [2.24, 2.45) is 5.92 Å². The van der Waals surface area contributed by atoms with Gasteiger partial charge in [0.15, 0.2) is 0 Å². The first-order chi connectivity index (χ1) is 6.20. The molecule has 1 aliphatic rings. The summed E-state index contributed by atoms with van der Waals surface area (Å²) in [5, 5.41) is 3.53. The molecule has 1 aliphatic heterocycles. The molecule has 1 N–H and O–H groups in total. The molecule has 1 nitrogen and oxygen atoms in total. The first kappa shape index (κ1) is 9.22. The summed E-state index contributed by atoms with van der Waals surface area (Å²) in [6.07, 6.45) is 0. The van der Waals surface area contributed by atoms with Crippen LogP contribution in [0.1, 0.15) is 31.0 Å². The first-order valence-electron chi connectivity index (χ1n) is 4.71. The number of nitrogens with one attached hydrogen (secondary N) is 1.